The van der Waals surface area contributed by atoms with Gasteiger partial charge in [-0.05, 0) is 35.2 Å². The van der Waals surface area contributed by atoms with Crippen LogP contribution in [0.3, 0.4) is 0 Å². The molecule has 2 heterocycles. The number of carbonyl (C=O) groups is 2. The van der Waals surface area contributed by atoms with Crippen LogP contribution < -0.4 is 20.1 Å². The normalized spacial score (nSPS) is 18.7. The molecular formula is C28H29N3O4. The number of carbonyl (C=O) groups excluding carboxylic acids is 2. The molecule has 180 valence electrons. The molecule has 2 atom stereocenters. The summed E-state index contributed by atoms with van der Waals surface area (Å²) >= 11 is 0. The molecule has 0 aliphatic carbocycles. The minimum Gasteiger partial charge on any atom is -0.454 e. The molecule has 3 aromatic carbocycles. The Bertz CT molecular complexity index is 1170. The Morgan fingerprint density at radius 2 is 1.51 bits per heavy atom. The summed E-state index contributed by atoms with van der Waals surface area (Å²) in [5.74, 6) is 1.15. The topological polar surface area (TPSA) is 79.9 Å². The van der Waals surface area contributed by atoms with Gasteiger partial charge in [0.15, 0.2) is 11.5 Å². The van der Waals surface area contributed by atoms with Gasteiger partial charge in [-0.15, -0.1) is 0 Å². The maximum Gasteiger partial charge on any atom is 0.317 e. The largest absolute Gasteiger partial charge is 0.454 e. The molecule has 2 N–H and O–H groups in total. The van der Waals surface area contributed by atoms with Gasteiger partial charge in [-0.1, -0.05) is 66.7 Å². The molecule has 0 radical (unpaired) electrons. The summed E-state index contributed by atoms with van der Waals surface area (Å²) in [7, 11) is 0. The van der Waals surface area contributed by atoms with Crippen LogP contribution in [0, 0.1) is 5.92 Å². The summed E-state index contributed by atoms with van der Waals surface area (Å²) in [6.07, 6.45) is 0.694. The number of nitrogens with one attached hydrogen (secondary N) is 2. The molecule has 2 aliphatic rings. The van der Waals surface area contributed by atoms with Crippen molar-refractivity contribution in [3.63, 3.8) is 0 Å². The summed E-state index contributed by atoms with van der Waals surface area (Å²) in [6.45, 7) is 2.03. The quantitative estimate of drug-likeness (QED) is 0.569. The van der Waals surface area contributed by atoms with Crippen LogP contribution in [0.15, 0.2) is 78.9 Å². The molecule has 5 rings (SSSR count). The van der Waals surface area contributed by atoms with Crippen LogP contribution in [-0.2, 0) is 17.9 Å². The highest BCUT2D eigenvalue weighted by molar-refractivity contribution is 5.81. The number of nitrogens with zero attached hydrogens (tertiary/aromatic N) is 1. The molecular weight excluding hydrogens is 442 g/mol. The molecule has 2 aliphatic heterocycles. The summed E-state index contributed by atoms with van der Waals surface area (Å²) in [4.78, 5) is 28.0. The summed E-state index contributed by atoms with van der Waals surface area (Å²) < 4.78 is 10.8. The fourth-order valence-corrected chi connectivity index (χ4v) is 4.69. The average Bonchev–Trinajstić information content (AvgIpc) is 3.39. The number of amides is 3. The van der Waals surface area contributed by atoms with E-state index in [1.807, 2.05) is 66.7 Å². The summed E-state index contributed by atoms with van der Waals surface area (Å²) in [5.41, 5.74) is 3.12. The first kappa shape index (κ1) is 22.8. The van der Waals surface area contributed by atoms with Gasteiger partial charge in [0.2, 0.25) is 12.7 Å². The van der Waals surface area contributed by atoms with Gasteiger partial charge in [-0.2, -0.15) is 0 Å². The average molecular weight is 472 g/mol. The number of benzene rings is 3. The van der Waals surface area contributed by atoms with Crippen molar-refractivity contribution in [2.75, 3.05) is 19.9 Å². The van der Waals surface area contributed by atoms with Crippen molar-refractivity contribution in [2.45, 2.75) is 25.4 Å². The van der Waals surface area contributed by atoms with E-state index in [1.165, 1.54) is 0 Å². The second kappa shape index (κ2) is 10.5. The molecule has 0 saturated carbocycles. The van der Waals surface area contributed by atoms with E-state index in [4.69, 9.17) is 9.47 Å². The van der Waals surface area contributed by atoms with Crippen LogP contribution in [0.25, 0.3) is 0 Å². The van der Waals surface area contributed by atoms with Gasteiger partial charge in [0, 0.05) is 32.1 Å². The third kappa shape index (κ3) is 5.57. The lowest BCUT2D eigenvalue weighted by atomic mass is 9.84. The van der Waals surface area contributed by atoms with Crippen LogP contribution in [0.5, 0.6) is 11.5 Å². The van der Waals surface area contributed by atoms with E-state index in [0.29, 0.717) is 38.3 Å². The van der Waals surface area contributed by atoms with Crippen molar-refractivity contribution < 1.29 is 19.1 Å². The fourth-order valence-electron chi connectivity index (χ4n) is 4.69. The zero-order chi connectivity index (χ0) is 24.0. The molecule has 7 nitrogen and oxygen atoms in total. The van der Waals surface area contributed by atoms with Gasteiger partial charge in [0.1, 0.15) is 0 Å². The Labute approximate surface area is 205 Å². The molecule has 1 saturated heterocycles. The molecule has 0 unspecified atom stereocenters. The lowest BCUT2D eigenvalue weighted by Crippen LogP contribution is -2.50. The smallest absolute Gasteiger partial charge is 0.317 e. The SMILES string of the molecule is O=C(NCc1ccc2c(c1)OCO2)[C@@H]1C[C@@H](c2ccccc2)CN(C(=O)NCc2ccccc2)C1. The molecule has 3 aromatic rings. The maximum absolute atomic E-state index is 13.2. The van der Waals surface area contributed by atoms with Gasteiger partial charge in [-0.25, -0.2) is 4.79 Å². The first-order valence-electron chi connectivity index (χ1n) is 11.9. The maximum atomic E-state index is 13.2. The van der Waals surface area contributed by atoms with Crippen molar-refractivity contribution in [1.29, 1.82) is 0 Å². The van der Waals surface area contributed by atoms with E-state index >= 15 is 0 Å². The molecule has 1 fully saturated rings. The lowest BCUT2D eigenvalue weighted by Gasteiger charge is -2.37. The van der Waals surface area contributed by atoms with Crippen LogP contribution in [0.1, 0.15) is 29.0 Å². The van der Waals surface area contributed by atoms with Crippen LogP contribution in [0.2, 0.25) is 0 Å². The Morgan fingerprint density at radius 3 is 2.31 bits per heavy atom. The molecule has 0 spiro atoms. The number of hydrogen-bond donors (Lipinski definition) is 2. The number of piperidine rings is 1. The highest BCUT2D eigenvalue weighted by atomic mass is 16.7. The number of ether oxygens (including phenoxy) is 2. The fraction of sp³-hybridized carbons (Fsp3) is 0.286. The minimum absolute atomic E-state index is 0.0517. The van der Waals surface area contributed by atoms with Crippen LogP contribution in [0.4, 0.5) is 4.79 Å². The standard InChI is InChI=1S/C28H29N3O4/c32-27(29-16-21-11-12-25-26(13-21)35-19-34-25)24-14-23(22-9-5-2-6-10-22)17-31(18-24)28(33)30-15-20-7-3-1-4-8-20/h1-13,23-24H,14-19H2,(H,29,32)(H,30,33)/t23-,24-/m1/s1. The second-order valence-corrected chi connectivity index (χ2v) is 8.99. The first-order chi connectivity index (χ1) is 17.2. The van der Waals surface area contributed by atoms with E-state index in [2.05, 4.69) is 22.8 Å². The van der Waals surface area contributed by atoms with Crippen molar-refractivity contribution in [2.24, 2.45) is 5.92 Å². The zero-order valence-electron chi connectivity index (χ0n) is 19.5. The molecule has 0 bridgehead atoms. The number of likely N-dealkylation sites (tertiary alicyclic amines) is 1. The number of rotatable bonds is 6. The number of hydrogen-bond acceptors (Lipinski definition) is 4. The van der Waals surface area contributed by atoms with Crippen LogP contribution >= 0.6 is 0 Å². The minimum atomic E-state index is -0.301. The summed E-state index contributed by atoms with van der Waals surface area (Å²) in [5, 5.41) is 6.07. The van der Waals surface area contributed by atoms with Crippen molar-refractivity contribution in [3.05, 3.63) is 95.6 Å². The van der Waals surface area contributed by atoms with E-state index in [9.17, 15) is 9.59 Å². The molecule has 7 heteroatoms. The predicted octanol–water partition coefficient (Wildman–Crippen LogP) is 4.05. The highest BCUT2D eigenvalue weighted by Gasteiger charge is 2.34. The third-order valence-electron chi connectivity index (χ3n) is 6.57. The predicted molar refractivity (Wildman–Crippen MR) is 132 cm³/mol. The van der Waals surface area contributed by atoms with Crippen molar-refractivity contribution in [3.8, 4) is 11.5 Å². The highest BCUT2D eigenvalue weighted by Crippen LogP contribution is 2.33. The van der Waals surface area contributed by atoms with E-state index < -0.39 is 0 Å². The van der Waals surface area contributed by atoms with Gasteiger partial charge in [0.25, 0.3) is 0 Å². The number of urea groups is 1. The first-order valence-corrected chi connectivity index (χ1v) is 11.9. The molecule has 0 aromatic heterocycles. The Morgan fingerprint density at radius 1 is 0.800 bits per heavy atom. The zero-order valence-corrected chi connectivity index (χ0v) is 19.5. The van der Waals surface area contributed by atoms with E-state index in [1.54, 1.807) is 4.90 Å². The van der Waals surface area contributed by atoms with Gasteiger partial charge in [0.05, 0.1) is 5.92 Å². The summed E-state index contributed by atoms with van der Waals surface area (Å²) in [6, 6.07) is 25.4. The van der Waals surface area contributed by atoms with Crippen molar-refractivity contribution in [1.82, 2.24) is 15.5 Å². The van der Waals surface area contributed by atoms with Crippen molar-refractivity contribution >= 4 is 11.9 Å². The van der Waals surface area contributed by atoms with Gasteiger partial charge < -0.3 is 25.0 Å². The Kier molecular flexibility index (Phi) is 6.84. The molecule has 35 heavy (non-hydrogen) atoms. The van der Waals surface area contributed by atoms with E-state index in [0.717, 1.165) is 22.4 Å². The van der Waals surface area contributed by atoms with Crippen LogP contribution in [-0.4, -0.2) is 36.7 Å². The van der Waals surface area contributed by atoms with Gasteiger partial charge >= 0.3 is 6.03 Å². The second-order valence-electron chi connectivity index (χ2n) is 8.99. The number of fused-ring (bicyclic) bond motifs is 1. The Hall–Kier alpha value is -4.00. The monoisotopic (exact) mass is 471 g/mol. The third-order valence-corrected chi connectivity index (χ3v) is 6.57. The molecule has 3 amide bonds. The van der Waals surface area contributed by atoms with E-state index in [-0.39, 0.29) is 30.6 Å². The lowest BCUT2D eigenvalue weighted by molar-refractivity contribution is -0.126. The Balaban J connectivity index is 1.25. The van der Waals surface area contributed by atoms with Gasteiger partial charge in [-0.3, -0.25) is 4.79 Å².